The molecule has 1 N–H and O–H groups in total. The van der Waals surface area contributed by atoms with Crippen LogP contribution in [0.4, 0.5) is 0 Å². The summed E-state index contributed by atoms with van der Waals surface area (Å²) in [4.78, 5) is 4.32. The van der Waals surface area contributed by atoms with Gasteiger partial charge in [-0.1, -0.05) is 19.9 Å². The standard InChI is InChI=1S/C14H22N2/c1-10-4-7-14(12(10)3)16-9-13-6-5-11(2)15-8-13/h5-6,8,10,12,14,16H,4,7,9H2,1-3H3. The lowest BCUT2D eigenvalue weighted by Gasteiger charge is -2.19. The summed E-state index contributed by atoms with van der Waals surface area (Å²) in [5, 5.41) is 3.66. The van der Waals surface area contributed by atoms with E-state index in [4.69, 9.17) is 0 Å². The molecule has 1 aliphatic carbocycles. The van der Waals surface area contributed by atoms with Crippen LogP contribution < -0.4 is 5.32 Å². The Morgan fingerprint density at radius 3 is 2.69 bits per heavy atom. The maximum atomic E-state index is 4.32. The molecule has 1 aromatic rings. The van der Waals surface area contributed by atoms with Gasteiger partial charge < -0.3 is 5.32 Å². The molecule has 0 spiro atoms. The lowest BCUT2D eigenvalue weighted by atomic mass is 9.98. The molecule has 1 aromatic heterocycles. The van der Waals surface area contributed by atoms with Gasteiger partial charge in [-0.3, -0.25) is 4.98 Å². The largest absolute Gasteiger partial charge is 0.310 e. The lowest BCUT2D eigenvalue weighted by Crippen LogP contribution is -2.31. The first-order valence-electron chi connectivity index (χ1n) is 6.31. The molecule has 1 saturated carbocycles. The Kier molecular flexibility index (Phi) is 3.59. The minimum atomic E-state index is 0.691. The van der Waals surface area contributed by atoms with Crippen molar-refractivity contribution in [3.05, 3.63) is 29.6 Å². The summed E-state index contributed by atoms with van der Waals surface area (Å²) in [5.74, 6) is 1.67. The highest BCUT2D eigenvalue weighted by Gasteiger charge is 2.28. The van der Waals surface area contributed by atoms with E-state index in [-0.39, 0.29) is 0 Å². The van der Waals surface area contributed by atoms with Gasteiger partial charge in [0.25, 0.3) is 0 Å². The highest BCUT2D eigenvalue weighted by molar-refractivity contribution is 5.13. The van der Waals surface area contributed by atoms with Crippen LogP contribution in [0.1, 0.15) is 37.9 Å². The molecule has 0 aromatic carbocycles. The molecule has 1 heterocycles. The molecule has 0 amide bonds. The zero-order valence-electron chi connectivity index (χ0n) is 10.5. The zero-order chi connectivity index (χ0) is 11.5. The highest BCUT2D eigenvalue weighted by Crippen LogP contribution is 2.31. The van der Waals surface area contributed by atoms with Crippen LogP contribution in [0.2, 0.25) is 0 Å². The minimum Gasteiger partial charge on any atom is -0.310 e. The maximum absolute atomic E-state index is 4.32. The van der Waals surface area contributed by atoms with Crippen LogP contribution >= 0.6 is 0 Å². The van der Waals surface area contributed by atoms with Crippen molar-refractivity contribution in [1.82, 2.24) is 10.3 Å². The quantitative estimate of drug-likeness (QED) is 0.843. The third kappa shape index (κ3) is 2.62. The first kappa shape index (κ1) is 11.6. The number of hydrogen-bond acceptors (Lipinski definition) is 2. The zero-order valence-corrected chi connectivity index (χ0v) is 10.5. The Morgan fingerprint density at radius 1 is 1.31 bits per heavy atom. The van der Waals surface area contributed by atoms with Gasteiger partial charge in [0, 0.05) is 24.5 Å². The van der Waals surface area contributed by atoms with Crippen molar-refractivity contribution in [2.45, 2.75) is 46.2 Å². The molecule has 0 radical (unpaired) electrons. The average Bonchev–Trinajstić information content (AvgIpc) is 2.60. The van der Waals surface area contributed by atoms with Crippen LogP contribution in [0.3, 0.4) is 0 Å². The highest BCUT2D eigenvalue weighted by atomic mass is 14.9. The van der Waals surface area contributed by atoms with E-state index in [1.807, 2.05) is 13.1 Å². The molecule has 2 nitrogen and oxygen atoms in total. The summed E-state index contributed by atoms with van der Waals surface area (Å²) in [6.45, 7) is 7.70. The van der Waals surface area contributed by atoms with Gasteiger partial charge in [-0.25, -0.2) is 0 Å². The normalized spacial score (nSPS) is 29.6. The van der Waals surface area contributed by atoms with Gasteiger partial charge in [0.2, 0.25) is 0 Å². The second-order valence-electron chi connectivity index (χ2n) is 5.21. The van der Waals surface area contributed by atoms with Crippen molar-refractivity contribution in [3.8, 4) is 0 Å². The maximum Gasteiger partial charge on any atom is 0.0372 e. The number of nitrogens with zero attached hydrogens (tertiary/aromatic N) is 1. The third-order valence-electron chi connectivity index (χ3n) is 4.01. The fourth-order valence-corrected chi connectivity index (χ4v) is 2.50. The number of pyridine rings is 1. The lowest BCUT2D eigenvalue weighted by molar-refractivity contribution is 0.369. The van der Waals surface area contributed by atoms with Gasteiger partial charge in [0.15, 0.2) is 0 Å². The van der Waals surface area contributed by atoms with Crippen molar-refractivity contribution in [3.63, 3.8) is 0 Å². The number of aryl methyl sites for hydroxylation is 1. The Balaban J connectivity index is 1.86. The number of rotatable bonds is 3. The Morgan fingerprint density at radius 2 is 2.12 bits per heavy atom. The Labute approximate surface area is 98.5 Å². The summed E-state index contributed by atoms with van der Waals surface area (Å²) in [6, 6.07) is 4.94. The van der Waals surface area contributed by atoms with E-state index in [1.165, 1.54) is 18.4 Å². The molecule has 0 saturated heterocycles. The van der Waals surface area contributed by atoms with E-state index >= 15 is 0 Å². The fourth-order valence-electron chi connectivity index (χ4n) is 2.50. The molecule has 2 rings (SSSR count). The molecule has 16 heavy (non-hydrogen) atoms. The van der Waals surface area contributed by atoms with Gasteiger partial charge in [0.1, 0.15) is 0 Å². The molecule has 88 valence electrons. The second kappa shape index (κ2) is 4.96. The monoisotopic (exact) mass is 218 g/mol. The van der Waals surface area contributed by atoms with E-state index in [2.05, 4.69) is 36.3 Å². The molecular weight excluding hydrogens is 196 g/mol. The predicted molar refractivity (Wildman–Crippen MR) is 67.2 cm³/mol. The smallest absolute Gasteiger partial charge is 0.0372 e. The third-order valence-corrected chi connectivity index (χ3v) is 4.01. The van der Waals surface area contributed by atoms with E-state index in [9.17, 15) is 0 Å². The van der Waals surface area contributed by atoms with Gasteiger partial charge in [-0.2, -0.15) is 0 Å². The van der Waals surface area contributed by atoms with Gasteiger partial charge >= 0.3 is 0 Å². The fraction of sp³-hybridized carbons (Fsp3) is 0.643. The second-order valence-corrected chi connectivity index (χ2v) is 5.21. The van der Waals surface area contributed by atoms with E-state index in [0.29, 0.717) is 6.04 Å². The molecule has 3 atom stereocenters. The van der Waals surface area contributed by atoms with Crippen LogP contribution in [-0.4, -0.2) is 11.0 Å². The topological polar surface area (TPSA) is 24.9 Å². The van der Waals surface area contributed by atoms with Gasteiger partial charge in [0.05, 0.1) is 0 Å². The molecule has 0 bridgehead atoms. The number of hydrogen-bond donors (Lipinski definition) is 1. The molecule has 0 aliphatic heterocycles. The van der Waals surface area contributed by atoms with Gasteiger partial charge in [-0.15, -0.1) is 0 Å². The van der Waals surface area contributed by atoms with Crippen molar-refractivity contribution < 1.29 is 0 Å². The first-order chi connectivity index (χ1) is 7.66. The summed E-state index contributed by atoms with van der Waals surface area (Å²) in [6.07, 6.45) is 4.66. The van der Waals surface area contributed by atoms with Gasteiger partial charge in [-0.05, 0) is 43.2 Å². The molecule has 1 fully saturated rings. The first-order valence-corrected chi connectivity index (χ1v) is 6.31. The summed E-state index contributed by atoms with van der Waals surface area (Å²) < 4.78 is 0. The molecule has 2 heteroatoms. The summed E-state index contributed by atoms with van der Waals surface area (Å²) >= 11 is 0. The van der Waals surface area contributed by atoms with E-state index < -0.39 is 0 Å². The van der Waals surface area contributed by atoms with Crippen LogP contribution in [0.25, 0.3) is 0 Å². The van der Waals surface area contributed by atoms with Crippen molar-refractivity contribution in [2.24, 2.45) is 11.8 Å². The van der Waals surface area contributed by atoms with Crippen LogP contribution in [0, 0.1) is 18.8 Å². The molecule has 3 unspecified atom stereocenters. The van der Waals surface area contributed by atoms with Crippen molar-refractivity contribution in [2.75, 3.05) is 0 Å². The average molecular weight is 218 g/mol. The summed E-state index contributed by atoms with van der Waals surface area (Å²) in [7, 11) is 0. The van der Waals surface area contributed by atoms with Crippen LogP contribution in [0.15, 0.2) is 18.3 Å². The van der Waals surface area contributed by atoms with E-state index in [0.717, 1.165) is 24.1 Å². The van der Waals surface area contributed by atoms with E-state index in [1.54, 1.807) is 0 Å². The van der Waals surface area contributed by atoms with Crippen molar-refractivity contribution >= 4 is 0 Å². The SMILES string of the molecule is Cc1ccc(CNC2CCC(C)C2C)cn1. The minimum absolute atomic E-state index is 0.691. The number of nitrogens with one attached hydrogen (secondary N) is 1. The number of aromatic nitrogens is 1. The molecule has 1 aliphatic rings. The van der Waals surface area contributed by atoms with Crippen LogP contribution in [-0.2, 0) is 6.54 Å². The Hall–Kier alpha value is -0.890. The summed E-state index contributed by atoms with van der Waals surface area (Å²) in [5.41, 5.74) is 2.38. The van der Waals surface area contributed by atoms with Crippen LogP contribution in [0.5, 0.6) is 0 Å². The van der Waals surface area contributed by atoms with Crippen molar-refractivity contribution in [1.29, 1.82) is 0 Å². The Bertz CT molecular complexity index is 331. The molecular formula is C14H22N2. The predicted octanol–water partition coefficient (Wildman–Crippen LogP) is 2.91.